The highest BCUT2D eigenvalue weighted by molar-refractivity contribution is 6.91. The fourth-order valence-corrected chi connectivity index (χ4v) is 4.72. The molecule has 98 valence electrons. The lowest BCUT2D eigenvalue weighted by Gasteiger charge is -2.30. The molecular weight excluding hydrogens is 240 g/mol. The molecule has 1 atom stereocenters. The molecule has 0 heterocycles. The summed E-state index contributed by atoms with van der Waals surface area (Å²) < 4.78 is 4.98. The first kappa shape index (κ1) is 14.7. The first-order chi connectivity index (χ1) is 8.35. The molecule has 0 aliphatic rings. The van der Waals surface area contributed by atoms with Crippen LogP contribution in [0.3, 0.4) is 0 Å². The van der Waals surface area contributed by atoms with Crippen molar-refractivity contribution in [3.63, 3.8) is 0 Å². The number of rotatable bonds is 4. The van der Waals surface area contributed by atoms with E-state index in [9.17, 15) is 4.79 Å². The molecule has 0 aromatic heterocycles. The molecule has 0 N–H and O–H groups in total. The van der Waals surface area contributed by atoms with E-state index >= 15 is 0 Å². The number of esters is 1. The van der Waals surface area contributed by atoms with E-state index in [-0.39, 0.29) is 5.97 Å². The molecule has 0 aliphatic heterocycles. The smallest absolute Gasteiger partial charge is 0.307 e. The summed E-state index contributed by atoms with van der Waals surface area (Å²) in [5.41, 5.74) is 1.56. The molecule has 0 aliphatic carbocycles. The Labute approximate surface area is 111 Å². The van der Waals surface area contributed by atoms with Crippen LogP contribution >= 0.6 is 0 Å². The molecule has 1 aromatic rings. The predicted octanol–water partition coefficient (Wildman–Crippen LogP) is 3.46. The highest BCUT2D eigenvalue weighted by Gasteiger charge is 2.31. The van der Waals surface area contributed by atoms with Crippen LogP contribution in [0.2, 0.25) is 18.6 Å². The molecule has 3 heteroatoms. The Morgan fingerprint density at radius 2 is 1.78 bits per heavy atom. The van der Waals surface area contributed by atoms with Gasteiger partial charge in [0.05, 0.1) is 14.3 Å². The van der Waals surface area contributed by atoms with Gasteiger partial charge in [-0.15, -0.1) is 0 Å². The summed E-state index contributed by atoms with van der Waals surface area (Å²) in [6.45, 7) is 10.4. The highest BCUT2D eigenvalue weighted by atomic mass is 28.3. The van der Waals surface area contributed by atoms with Crippen molar-refractivity contribution in [3.8, 4) is 0 Å². The summed E-state index contributed by atoms with van der Waals surface area (Å²) >= 11 is 0. The topological polar surface area (TPSA) is 26.3 Å². The molecule has 2 nitrogen and oxygen atoms in total. The van der Waals surface area contributed by atoms with Crippen LogP contribution in [0.4, 0.5) is 0 Å². The zero-order chi connectivity index (χ0) is 13.8. The molecule has 0 bridgehead atoms. The maximum atomic E-state index is 10.8. The van der Waals surface area contributed by atoms with Crippen molar-refractivity contribution in [1.82, 2.24) is 0 Å². The Hall–Kier alpha value is -1.35. The van der Waals surface area contributed by atoms with Crippen LogP contribution in [0.25, 0.3) is 0 Å². The van der Waals surface area contributed by atoms with Crippen molar-refractivity contribution in [3.05, 3.63) is 42.2 Å². The molecule has 18 heavy (non-hydrogen) atoms. The van der Waals surface area contributed by atoms with Crippen LogP contribution in [0.1, 0.15) is 20.8 Å². The van der Waals surface area contributed by atoms with E-state index in [4.69, 9.17) is 4.74 Å². The van der Waals surface area contributed by atoms with E-state index < -0.39 is 8.07 Å². The van der Waals surface area contributed by atoms with Gasteiger partial charge in [-0.1, -0.05) is 55.5 Å². The molecule has 1 rings (SSSR count). The number of carbonyl (C=O) groups is 1. The zero-order valence-corrected chi connectivity index (χ0v) is 12.9. The summed E-state index contributed by atoms with van der Waals surface area (Å²) in [5, 5.41) is 1.42. The largest absolute Gasteiger partial charge is 0.435 e. The molecule has 0 saturated heterocycles. The van der Waals surface area contributed by atoms with Gasteiger partial charge in [-0.3, -0.25) is 4.79 Å². The summed E-state index contributed by atoms with van der Waals surface area (Å²) in [7, 11) is -1.58. The number of hydrogen-bond donors (Lipinski definition) is 0. The summed E-state index contributed by atoms with van der Waals surface area (Å²) in [6.07, 6.45) is 1.60. The quantitative estimate of drug-likeness (QED) is 0.472. The van der Waals surface area contributed by atoms with E-state index in [2.05, 4.69) is 44.3 Å². The number of carbonyl (C=O) groups excluding carboxylic acids is 1. The van der Waals surface area contributed by atoms with Gasteiger partial charge in [-0.25, -0.2) is 0 Å². The highest BCUT2D eigenvalue weighted by Crippen LogP contribution is 2.28. The Balaban J connectivity index is 2.91. The van der Waals surface area contributed by atoms with Crippen molar-refractivity contribution in [2.75, 3.05) is 0 Å². The van der Waals surface area contributed by atoms with Crippen LogP contribution in [-0.4, -0.2) is 14.0 Å². The number of allylic oxidation sites excluding steroid dienone is 1. The minimum atomic E-state index is -1.58. The third kappa shape index (κ3) is 3.57. The minimum Gasteiger partial charge on any atom is -0.435 e. The molecule has 0 saturated carbocycles. The molecule has 0 unspecified atom stereocenters. The first-order valence-electron chi connectivity index (χ1n) is 6.25. The fourth-order valence-electron chi connectivity index (χ4n) is 1.96. The van der Waals surface area contributed by atoms with E-state index in [1.165, 1.54) is 12.1 Å². The van der Waals surface area contributed by atoms with Gasteiger partial charge >= 0.3 is 5.97 Å². The number of hydrogen-bond acceptors (Lipinski definition) is 2. The number of ether oxygens (including phenoxy) is 1. The van der Waals surface area contributed by atoms with Crippen molar-refractivity contribution < 1.29 is 9.53 Å². The van der Waals surface area contributed by atoms with E-state index in [0.717, 1.165) is 5.57 Å². The second-order valence-corrected chi connectivity index (χ2v) is 10.2. The van der Waals surface area contributed by atoms with Gasteiger partial charge in [-0.2, -0.15) is 0 Å². The maximum Gasteiger partial charge on any atom is 0.307 e. The molecule has 0 radical (unpaired) electrons. The molecule has 0 amide bonds. The van der Waals surface area contributed by atoms with Crippen LogP contribution < -0.4 is 5.19 Å². The standard InChI is InChI=1S/C15H22O2Si/c1-12(11-17-14(3)16)13(2)18(4,5)15-9-7-6-8-10-15/h6-11,13H,1-5H3/b12-11+/t13-/m1/s1. The normalized spacial score (nSPS) is 14.2. The molecule has 0 fully saturated rings. The van der Waals surface area contributed by atoms with Crippen LogP contribution in [0.15, 0.2) is 42.2 Å². The molecule has 0 spiro atoms. The Morgan fingerprint density at radius 3 is 2.28 bits per heavy atom. The minimum absolute atomic E-state index is 0.263. The zero-order valence-electron chi connectivity index (χ0n) is 11.9. The summed E-state index contributed by atoms with van der Waals surface area (Å²) in [4.78, 5) is 10.8. The molecule has 1 aromatic carbocycles. The van der Waals surface area contributed by atoms with Crippen molar-refractivity contribution in [2.45, 2.75) is 39.4 Å². The second kappa shape index (κ2) is 6.00. The predicted molar refractivity (Wildman–Crippen MR) is 78.5 cm³/mol. The van der Waals surface area contributed by atoms with E-state index in [1.807, 2.05) is 13.0 Å². The molecular formula is C15H22O2Si. The third-order valence-electron chi connectivity index (χ3n) is 3.69. The van der Waals surface area contributed by atoms with Crippen LogP contribution in [-0.2, 0) is 9.53 Å². The van der Waals surface area contributed by atoms with Gasteiger partial charge in [0, 0.05) is 6.92 Å². The van der Waals surface area contributed by atoms with Gasteiger partial charge < -0.3 is 4.74 Å². The van der Waals surface area contributed by atoms with Crippen molar-refractivity contribution in [2.24, 2.45) is 0 Å². The summed E-state index contributed by atoms with van der Waals surface area (Å²) in [6, 6.07) is 10.6. The Kier molecular flexibility index (Phi) is 4.90. The SMILES string of the molecule is CC(=O)O/C=C(\C)[C@@H](C)[Si](C)(C)c1ccccc1. The maximum absolute atomic E-state index is 10.8. The van der Waals surface area contributed by atoms with Gasteiger partial charge in [0.1, 0.15) is 0 Å². The van der Waals surface area contributed by atoms with Crippen LogP contribution in [0.5, 0.6) is 0 Å². The van der Waals surface area contributed by atoms with Gasteiger partial charge in [0.2, 0.25) is 0 Å². The van der Waals surface area contributed by atoms with Crippen molar-refractivity contribution in [1.29, 1.82) is 0 Å². The van der Waals surface area contributed by atoms with Gasteiger partial charge in [0.15, 0.2) is 0 Å². The van der Waals surface area contributed by atoms with E-state index in [1.54, 1.807) is 6.26 Å². The van der Waals surface area contributed by atoms with Crippen molar-refractivity contribution >= 4 is 19.2 Å². The van der Waals surface area contributed by atoms with E-state index in [0.29, 0.717) is 5.54 Å². The van der Waals surface area contributed by atoms with Gasteiger partial charge in [-0.05, 0) is 18.0 Å². The number of benzene rings is 1. The fraction of sp³-hybridized carbons (Fsp3) is 0.400. The third-order valence-corrected chi connectivity index (χ3v) is 8.14. The lowest BCUT2D eigenvalue weighted by atomic mass is 10.2. The monoisotopic (exact) mass is 262 g/mol. The Morgan fingerprint density at radius 1 is 1.22 bits per heavy atom. The average Bonchev–Trinajstić information content (AvgIpc) is 2.36. The Bertz CT molecular complexity index is 435. The average molecular weight is 262 g/mol. The van der Waals surface area contributed by atoms with Crippen LogP contribution in [0, 0.1) is 0 Å². The lowest BCUT2D eigenvalue weighted by molar-refractivity contribution is -0.135. The second-order valence-electron chi connectivity index (χ2n) is 5.28. The first-order valence-corrected chi connectivity index (χ1v) is 9.33. The lowest BCUT2D eigenvalue weighted by Crippen LogP contribution is -2.45. The van der Waals surface area contributed by atoms with Gasteiger partial charge in [0.25, 0.3) is 0 Å². The summed E-state index contributed by atoms with van der Waals surface area (Å²) in [5.74, 6) is -0.263.